The fourth-order valence-corrected chi connectivity index (χ4v) is 2.66. The first kappa shape index (κ1) is 15.6. The molecular formula is C16H13BrF2N2. The highest BCUT2D eigenvalue weighted by molar-refractivity contribution is 9.10. The fourth-order valence-electron chi connectivity index (χ4n) is 2.03. The Morgan fingerprint density at radius 1 is 1.24 bits per heavy atom. The summed E-state index contributed by atoms with van der Waals surface area (Å²) in [5, 5.41) is 11.8. The minimum atomic E-state index is -0.710. The van der Waals surface area contributed by atoms with Crippen LogP contribution in [0.4, 0.5) is 8.78 Å². The van der Waals surface area contributed by atoms with Gasteiger partial charge in [0.2, 0.25) is 0 Å². The van der Waals surface area contributed by atoms with E-state index >= 15 is 0 Å². The monoisotopic (exact) mass is 350 g/mol. The Morgan fingerprint density at radius 2 is 1.86 bits per heavy atom. The van der Waals surface area contributed by atoms with E-state index in [1.165, 1.54) is 0 Å². The van der Waals surface area contributed by atoms with Gasteiger partial charge < -0.3 is 5.32 Å². The molecule has 2 aromatic rings. The van der Waals surface area contributed by atoms with Crippen molar-refractivity contribution in [2.45, 2.75) is 19.5 Å². The first-order valence-electron chi connectivity index (χ1n) is 6.38. The number of hydrogen-bond acceptors (Lipinski definition) is 2. The van der Waals surface area contributed by atoms with Gasteiger partial charge in [-0.2, -0.15) is 5.26 Å². The minimum absolute atomic E-state index is 0.0207. The Hall–Kier alpha value is -1.77. The van der Waals surface area contributed by atoms with Gasteiger partial charge in [-0.25, -0.2) is 8.78 Å². The van der Waals surface area contributed by atoms with Crippen molar-refractivity contribution >= 4 is 15.9 Å². The smallest absolute Gasteiger partial charge is 0.131 e. The molecule has 1 N–H and O–H groups in total. The van der Waals surface area contributed by atoms with Crippen LogP contribution in [0.5, 0.6) is 0 Å². The minimum Gasteiger partial charge on any atom is -0.306 e. The van der Waals surface area contributed by atoms with Crippen molar-refractivity contribution in [2.75, 3.05) is 0 Å². The van der Waals surface area contributed by atoms with Crippen LogP contribution in [0, 0.1) is 23.0 Å². The summed E-state index contributed by atoms with van der Waals surface area (Å²) in [6.07, 6.45) is 0. The van der Waals surface area contributed by atoms with Crippen LogP contribution < -0.4 is 5.32 Å². The maximum Gasteiger partial charge on any atom is 0.131 e. The number of benzene rings is 2. The molecule has 0 radical (unpaired) electrons. The third kappa shape index (κ3) is 3.66. The summed E-state index contributed by atoms with van der Waals surface area (Å²) in [5.41, 5.74) is 0.924. The Balaban J connectivity index is 2.14. The second kappa shape index (κ2) is 6.79. The molecule has 1 atom stereocenters. The highest BCUT2D eigenvalue weighted by atomic mass is 79.9. The van der Waals surface area contributed by atoms with Crippen LogP contribution in [0.2, 0.25) is 0 Å². The van der Waals surface area contributed by atoms with E-state index in [1.807, 2.05) is 31.2 Å². The average Bonchev–Trinajstić information content (AvgIpc) is 2.46. The van der Waals surface area contributed by atoms with Crippen LogP contribution in [0.15, 0.2) is 40.9 Å². The molecule has 0 aliphatic carbocycles. The van der Waals surface area contributed by atoms with Crippen LogP contribution in [-0.2, 0) is 6.54 Å². The zero-order chi connectivity index (χ0) is 15.4. The van der Waals surface area contributed by atoms with Gasteiger partial charge in [0.15, 0.2) is 0 Å². The van der Waals surface area contributed by atoms with Gasteiger partial charge in [0.1, 0.15) is 11.6 Å². The molecule has 108 valence electrons. The van der Waals surface area contributed by atoms with Crippen molar-refractivity contribution in [3.05, 3.63) is 69.2 Å². The number of nitrogens with zero attached hydrogens (tertiary/aromatic N) is 1. The van der Waals surface area contributed by atoms with E-state index < -0.39 is 11.6 Å². The van der Waals surface area contributed by atoms with Crippen molar-refractivity contribution < 1.29 is 8.78 Å². The third-order valence-electron chi connectivity index (χ3n) is 3.23. The van der Waals surface area contributed by atoms with Gasteiger partial charge in [-0.05, 0) is 30.7 Å². The Morgan fingerprint density at radius 3 is 2.43 bits per heavy atom. The average molecular weight is 351 g/mol. The molecule has 0 aliphatic heterocycles. The molecule has 0 heterocycles. The van der Waals surface area contributed by atoms with Crippen LogP contribution in [0.25, 0.3) is 0 Å². The molecule has 2 nitrogen and oxygen atoms in total. The predicted octanol–water partition coefficient (Wildman–Crippen LogP) is 4.45. The number of halogens is 3. The molecular weight excluding hydrogens is 338 g/mol. The fraction of sp³-hybridized carbons (Fsp3) is 0.188. The van der Waals surface area contributed by atoms with E-state index in [2.05, 4.69) is 21.2 Å². The molecule has 2 aromatic carbocycles. The van der Waals surface area contributed by atoms with Crippen molar-refractivity contribution in [1.29, 1.82) is 5.26 Å². The molecule has 0 aliphatic rings. The van der Waals surface area contributed by atoms with Crippen molar-refractivity contribution in [2.24, 2.45) is 0 Å². The van der Waals surface area contributed by atoms with E-state index in [0.717, 1.165) is 22.2 Å². The molecule has 0 amide bonds. The highest BCUT2D eigenvalue weighted by Crippen LogP contribution is 2.23. The number of nitrogens with one attached hydrogen (secondary N) is 1. The van der Waals surface area contributed by atoms with Crippen molar-refractivity contribution in [3.8, 4) is 6.07 Å². The highest BCUT2D eigenvalue weighted by Gasteiger charge is 2.14. The number of nitriles is 1. The Bertz CT molecular complexity index is 672. The molecule has 0 saturated heterocycles. The van der Waals surface area contributed by atoms with Crippen LogP contribution in [0.3, 0.4) is 0 Å². The quantitative estimate of drug-likeness (QED) is 0.884. The Labute approximate surface area is 130 Å². The normalized spacial score (nSPS) is 12.0. The van der Waals surface area contributed by atoms with Crippen LogP contribution >= 0.6 is 15.9 Å². The maximum atomic E-state index is 13.8. The zero-order valence-corrected chi connectivity index (χ0v) is 12.9. The van der Waals surface area contributed by atoms with Gasteiger partial charge >= 0.3 is 0 Å². The van der Waals surface area contributed by atoms with E-state index in [9.17, 15) is 8.78 Å². The second-order valence-electron chi connectivity index (χ2n) is 4.65. The summed E-state index contributed by atoms with van der Waals surface area (Å²) in [6, 6.07) is 11.4. The molecule has 0 fully saturated rings. The molecule has 0 spiro atoms. The van der Waals surface area contributed by atoms with Gasteiger partial charge in [-0.15, -0.1) is 0 Å². The summed E-state index contributed by atoms with van der Waals surface area (Å²) in [6.45, 7) is 1.96. The van der Waals surface area contributed by atoms with Crippen molar-refractivity contribution in [1.82, 2.24) is 5.32 Å². The first-order valence-corrected chi connectivity index (χ1v) is 7.18. The van der Waals surface area contributed by atoms with E-state index in [-0.39, 0.29) is 23.7 Å². The molecule has 0 aromatic heterocycles. The molecule has 21 heavy (non-hydrogen) atoms. The number of hydrogen-bond donors (Lipinski definition) is 1. The van der Waals surface area contributed by atoms with Gasteiger partial charge in [0, 0.05) is 22.6 Å². The van der Waals surface area contributed by atoms with Crippen molar-refractivity contribution in [3.63, 3.8) is 0 Å². The lowest BCUT2D eigenvalue weighted by Crippen LogP contribution is -2.20. The molecule has 0 saturated carbocycles. The summed E-state index contributed by atoms with van der Waals surface area (Å²) < 4.78 is 28.5. The standard InChI is InChI=1S/C16H13BrF2N2/c1-10(12-4-2-3-5-14(12)17)21-9-13-15(18)6-11(8-20)7-16(13)19/h2-7,10,21H,9H2,1H3/t10-/m1/s1. The van der Waals surface area contributed by atoms with E-state index in [0.29, 0.717) is 0 Å². The maximum absolute atomic E-state index is 13.8. The number of rotatable bonds is 4. The lowest BCUT2D eigenvalue weighted by atomic mass is 10.1. The van der Waals surface area contributed by atoms with E-state index in [4.69, 9.17) is 5.26 Å². The molecule has 0 unspecified atom stereocenters. The van der Waals surface area contributed by atoms with Gasteiger partial charge in [-0.3, -0.25) is 0 Å². The van der Waals surface area contributed by atoms with E-state index in [1.54, 1.807) is 6.07 Å². The van der Waals surface area contributed by atoms with Crippen LogP contribution in [-0.4, -0.2) is 0 Å². The summed E-state index contributed by atoms with van der Waals surface area (Å²) >= 11 is 3.45. The predicted molar refractivity (Wildman–Crippen MR) is 80.5 cm³/mol. The third-order valence-corrected chi connectivity index (χ3v) is 3.95. The summed E-state index contributed by atoms with van der Waals surface area (Å²) in [4.78, 5) is 0. The summed E-state index contributed by atoms with van der Waals surface area (Å²) in [5.74, 6) is -1.42. The summed E-state index contributed by atoms with van der Waals surface area (Å²) in [7, 11) is 0. The topological polar surface area (TPSA) is 35.8 Å². The zero-order valence-electron chi connectivity index (χ0n) is 11.3. The van der Waals surface area contributed by atoms with Crippen LogP contribution in [0.1, 0.15) is 29.7 Å². The van der Waals surface area contributed by atoms with Gasteiger partial charge in [0.05, 0.1) is 11.6 Å². The molecule has 5 heteroatoms. The van der Waals surface area contributed by atoms with Gasteiger partial charge in [-0.1, -0.05) is 34.1 Å². The Kier molecular flexibility index (Phi) is 5.05. The second-order valence-corrected chi connectivity index (χ2v) is 5.51. The molecule has 0 bridgehead atoms. The van der Waals surface area contributed by atoms with Gasteiger partial charge in [0.25, 0.3) is 0 Å². The lowest BCUT2D eigenvalue weighted by Gasteiger charge is -2.16. The lowest BCUT2D eigenvalue weighted by molar-refractivity contribution is 0.508. The first-order chi connectivity index (χ1) is 10.0. The largest absolute Gasteiger partial charge is 0.306 e. The SMILES string of the molecule is C[C@@H](NCc1c(F)cc(C#N)cc1F)c1ccccc1Br. The molecule has 2 rings (SSSR count).